The van der Waals surface area contributed by atoms with Gasteiger partial charge in [0.05, 0.1) is 0 Å². The molecule has 2 heteroatoms. The molecular formula is C66H45NO. The largest absolute Gasteiger partial charge is 0.456 e. The molecule has 0 saturated heterocycles. The first kappa shape index (κ1) is 40.5. The van der Waals surface area contributed by atoms with Crippen LogP contribution in [0.25, 0.3) is 99.8 Å². The number of para-hydroxylation sites is 1. The maximum Gasteiger partial charge on any atom is 0.135 e. The van der Waals surface area contributed by atoms with Crippen molar-refractivity contribution in [2.45, 2.75) is 0 Å². The highest BCUT2D eigenvalue weighted by Gasteiger charge is 2.17. The maximum absolute atomic E-state index is 6.20. The Morgan fingerprint density at radius 3 is 1.25 bits per heavy atom. The van der Waals surface area contributed by atoms with E-state index in [1.165, 1.54) is 55.3 Å². The van der Waals surface area contributed by atoms with Gasteiger partial charge in [0.25, 0.3) is 0 Å². The average Bonchev–Trinajstić information content (AvgIpc) is 3.87. The zero-order valence-electron chi connectivity index (χ0n) is 37.3. The molecule has 0 amide bonds. The lowest BCUT2D eigenvalue weighted by Crippen LogP contribution is -2.09. The van der Waals surface area contributed by atoms with Crippen LogP contribution in [-0.2, 0) is 0 Å². The molecule has 12 rings (SSSR count). The van der Waals surface area contributed by atoms with E-state index in [4.69, 9.17) is 4.42 Å². The molecule has 11 aromatic carbocycles. The lowest BCUT2D eigenvalue weighted by molar-refractivity contribution is 0.631. The number of benzene rings is 11. The van der Waals surface area contributed by atoms with Gasteiger partial charge in [-0.15, -0.1) is 0 Å². The summed E-state index contributed by atoms with van der Waals surface area (Å²) in [6.07, 6.45) is 0. The predicted molar refractivity (Wildman–Crippen MR) is 286 cm³/mol. The van der Waals surface area contributed by atoms with Gasteiger partial charge in [-0.25, -0.2) is 0 Å². The van der Waals surface area contributed by atoms with Gasteiger partial charge in [-0.1, -0.05) is 218 Å². The van der Waals surface area contributed by atoms with Gasteiger partial charge in [0, 0.05) is 28.0 Å². The quantitative estimate of drug-likeness (QED) is 0.136. The molecule has 0 saturated carbocycles. The maximum atomic E-state index is 6.20. The van der Waals surface area contributed by atoms with E-state index >= 15 is 0 Å². The molecule has 0 aliphatic rings. The molecule has 0 radical (unpaired) electrons. The van der Waals surface area contributed by atoms with Crippen molar-refractivity contribution in [1.82, 2.24) is 0 Å². The van der Waals surface area contributed by atoms with Gasteiger partial charge in [0.15, 0.2) is 0 Å². The van der Waals surface area contributed by atoms with Crippen LogP contribution in [0.1, 0.15) is 0 Å². The summed E-state index contributed by atoms with van der Waals surface area (Å²) in [6.45, 7) is 0. The van der Waals surface area contributed by atoms with Crippen molar-refractivity contribution >= 4 is 38.8 Å². The van der Waals surface area contributed by atoms with Crippen LogP contribution < -0.4 is 4.90 Å². The van der Waals surface area contributed by atoms with E-state index in [-0.39, 0.29) is 0 Å². The van der Waals surface area contributed by atoms with Crippen LogP contribution in [0.5, 0.6) is 0 Å². The van der Waals surface area contributed by atoms with E-state index in [1.807, 2.05) is 18.2 Å². The molecule has 0 unspecified atom stereocenters. The molecule has 1 heterocycles. The first-order chi connectivity index (χ1) is 33.7. The van der Waals surface area contributed by atoms with Crippen LogP contribution in [0.15, 0.2) is 277 Å². The number of rotatable bonds is 10. The van der Waals surface area contributed by atoms with Gasteiger partial charge in [-0.2, -0.15) is 0 Å². The Bertz CT molecular complexity index is 3660. The van der Waals surface area contributed by atoms with E-state index < -0.39 is 0 Å². The first-order valence-corrected chi connectivity index (χ1v) is 23.2. The van der Waals surface area contributed by atoms with Gasteiger partial charge >= 0.3 is 0 Å². The number of nitrogens with zero attached hydrogens (tertiary/aromatic N) is 1. The fraction of sp³-hybridized carbons (Fsp3) is 0. The normalized spacial score (nSPS) is 11.2. The monoisotopic (exact) mass is 867 g/mol. The second kappa shape index (κ2) is 17.8. The topological polar surface area (TPSA) is 16.4 Å². The standard InChI is InChI=1S/C66H45NO/c1-2-14-49(15-3-1)61-22-7-9-24-63(61)64-25-10-8-23-62(64)52-36-42-58(43-37-52)67(57-40-34-51(35-41-57)60-26-13-18-50-16-4-6-21-59(50)60)56-38-32-47(33-39-56)46-28-30-48(31-29-46)53-19-12-20-54(44-53)66-45-55-17-5-11-27-65(55)68-66/h1-45H. The Balaban J connectivity index is 0.873. The summed E-state index contributed by atoms with van der Waals surface area (Å²) in [5, 5.41) is 3.60. The first-order valence-electron chi connectivity index (χ1n) is 23.2. The van der Waals surface area contributed by atoms with Crippen molar-refractivity contribution in [3.05, 3.63) is 273 Å². The average molecular weight is 868 g/mol. The lowest BCUT2D eigenvalue weighted by Gasteiger charge is -2.26. The Kier molecular flexibility index (Phi) is 10.6. The fourth-order valence-corrected chi connectivity index (χ4v) is 9.70. The molecular weight excluding hydrogens is 823 g/mol. The van der Waals surface area contributed by atoms with Crippen LogP contribution in [0.3, 0.4) is 0 Å². The minimum Gasteiger partial charge on any atom is -0.456 e. The molecule has 0 bridgehead atoms. The number of hydrogen-bond acceptors (Lipinski definition) is 2. The summed E-state index contributed by atoms with van der Waals surface area (Å²) in [5.74, 6) is 0.876. The lowest BCUT2D eigenvalue weighted by atomic mass is 9.89. The summed E-state index contributed by atoms with van der Waals surface area (Å²) >= 11 is 0. The summed E-state index contributed by atoms with van der Waals surface area (Å²) in [6, 6.07) is 98.0. The third-order valence-corrected chi connectivity index (χ3v) is 13.1. The van der Waals surface area contributed by atoms with Crippen LogP contribution in [0.4, 0.5) is 17.1 Å². The predicted octanol–water partition coefficient (Wildman–Crippen LogP) is 18.7. The molecule has 68 heavy (non-hydrogen) atoms. The third-order valence-electron chi connectivity index (χ3n) is 13.1. The zero-order valence-corrected chi connectivity index (χ0v) is 37.3. The second-order valence-electron chi connectivity index (χ2n) is 17.3. The highest BCUT2D eigenvalue weighted by atomic mass is 16.3. The Morgan fingerprint density at radius 2 is 0.632 bits per heavy atom. The molecule has 320 valence electrons. The van der Waals surface area contributed by atoms with Crippen molar-refractivity contribution < 1.29 is 4.42 Å². The van der Waals surface area contributed by atoms with E-state index in [1.54, 1.807) is 0 Å². The molecule has 0 spiro atoms. The summed E-state index contributed by atoms with van der Waals surface area (Å²) in [7, 11) is 0. The van der Waals surface area contributed by atoms with Crippen LogP contribution in [0.2, 0.25) is 0 Å². The molecule has 0 atom stereocenters. The van der Waals surface area contributed by atoms with Gasteiger partial charge in [0.2, 0.25) is 0 Å². The van der Waals surface area contributed by atoms with Crippen LogP contribution in [0, 0.1) is 0 Å². The number of hydrogen-bond donors (Lipinski definition) is 0. The van der Waals surface area contributed by atoms with Crippen molar-refractivity contribution in [2.75, 3.05) is 4.90 Å². The summed E-state index contributed by atoms with van der Waals surface area (Å²) in [5.41, 5.74) is 19.5. The van der Waals surface area contributed by atoms with Gasteiger partial charge in [-0.3, -0.25) is 0 Å². The minimum atomic E-state index is 0.876. The van der Waals surface area contributed by atoms with Gasteiger partial charge < -0.3 is 9.32 Å². The van der Waals surface area contributed by atoms with E-state index in [2.05, 4.69) is 260 Å². The van der Waals surface area contributed by atoms with Crippen molar-refractivity contribution in [2.24, 2.45) is 0 Å². The molecule has 12 aromatic rings. The van der Waals surface area contributed by atoms with Crippen LogP contribution in [-0.4, -0.2) is 0 Å². The Morgan fingerprint density at radius 1 is 0.235 bits per heavy atom. The number of furan rings is 1. The van der Waals surface area contributed by atoms with Crippen molar-refractivity contribution in [3.63, 3.8) is 0 Å². The molecule has 0 fully saturated rings. The summed E-state index contributed by atoms with van der Waals surface area (Å²) < 4.78 is 6.20. The fourth-order valence-electron chi connectivity index (χ4n) is 9.70. The van der Waals surface area contributed by atoms with E-state index in [9.17, 15) is 0 Å². The van der Waals surface area contributed by atoms with E-state index in [0.717, 1.165) is 61.6 Å². The molecule has 0 aliphatic carbocycles. The second-order valence-corrected chi connectivity index (χ2v) is 17.3. The summed E-state index contributed by atoms with van der Waals surface area (Å²) in [4.78, 5) is 2.36. The van der Waals surface area contributed by atoms with Crippen molar-refractivity contribution in [1.29, 1.82) is 0 Å². The van der Waals surface area contributed by atoms with E-state index in [0.29, 0.717) is 0 Å². The minimum absolute atomic E-state index is 0.876. The van der Waals surface area contributed by atoms with Gasteiger partial charge in [-0.05, 0) is 132 Å². The number of fused-ring (bicyclic) bond motifs is 2. The van der Waals surface area contributed by atoms with Gasteiger partial charge in [0.1, 0.15) is 11.3 Å². The van der Waals surface area contributed by atoms with Crippen molar-refractivity contribution in [3.8, 4) is 78.1 Å². The Hall–Kier alpha value is -8.98. The SMILES string of the molecule is c1ccc(-c2ccccc2-c2ccccc2-c2ccc(N(c3ccc(-c4ccc(-c5cccc(-c6cc7ccccc7o6)c5)cc4)cc3)c3ccc(-c4cccc5ccccc45)cc3)cc2)cc1. The molecule has 0 aliphatic heterocycles. The number of anilines is 3. The highest BCUT2D eigenvalue weighted by Crippen LogP contribution is 2.42. The zero-order chi connectivity index (χ0) is 45.2. The molecule has 1 aromatic heterocycles. The smallest absolute Gasteiger partial charge is 0.135 e. The molecule has 0 N–H and O–H groups in total. The molecule has 2 nitrogen and oxygen atoms in total. The van der Waals surface area contributed by atoms with Crippen LogP contribution >= 0.6 is 0 Å². The Labute approximate surface area is 397 Å². The third kappa shape index (κ3) is 7.85. The highest BCUT2D eigenvalue weighted by molar-refractivity contribution is 5.97.